The van der Waals surface area contributed by atoms with Crippen LogP contribution >= 0.6 is 11.3 Å². The van der Waals surface area contributed by atoms with Gasteiger partial charge in [-0.05, 0) is 56.0 Å². The van der Waals surface area contributed by atoms with E-state index < -0.39 is 0 Å². The van der Waals surface area contributed by atoms with Crippen molar-refractivity contribution < 1.29 is 9.53 Å². The lowest BCUT2D eigenvalue weighted by molar-refractivity contribution is 0.0998. The minimum Gasteiger partial charge on any atom is -0.494 e. The van der Waals surface area contributed by atoms with Gasteiger partial charge >= 0.3 is 0 Å². The van der Waals surface area contributed by atoms with Crippen LogP contribution in [0.3, 0.4) is 0 Å². The van der Waals surface area contributed by atoms with Gasteiger partial charge in [0.25, 0.3) is 5.91 Å². The molecule has 2 aromatic carbocycles. The number of fused-ring (bicyclic) bond motifs is 3. The Kier molecular flexibility index (Phi) is 5.95. The molecule has 1 amide bonds. The van der Waals surface area contributed by atoms with Crippen LogP contribution < -0.4 is 9.54 Å². The first-order valence-electron chi connectivity index (χ1n) is 10.3. The number of benzene rings is 2. The Labute approximate surface area is 175 Å². The maximum absolute atomic E-state index is 12.8. The van der Waals surface area contributed by atoms with Crippen molar-refractivity contribution in [1.82, 2.24) is 4.57 Å². The average molecular weight is 407 g/mol. The number of carbonyl (C=O) groups excluding carboxylic acids is 1. The van der Waals surface area contributed by atoms with Crippen LogP contribution in [0.1, 0.15) is 47.5 Å². The van der Waals surface area contributed by atoms with E-state index >= 15 is 0 Å². The number of ether oxygens (including phenoxy) is 1. The molecule has 0 saturated heterocycles. The third-order valence-corrected chi connectivity index (χ3v) is 6.39. The summed E-state index contributed by atoms with van der Waals surface area (Å²) in [4.78, 5) is 19.4. The van der Waals surface area contributed by atoms with Crippen molar-refractivity contribution in [3.63, 3.8) is 0 Å². The second-order valence-electron chi connectivity index (χ2n) is 7.20. The maximum Gasteiger partial charge on any atom is 0.279 e. The molecule has 3 aromatic rings. The van der Waals surface area contributed by atoms with Crippen LogP contribution in [0.4, 0.5) is 0 Å². The summed E-state index contributed by atoms with van der Waals surface area (Å²) in [5.41, 5.74) is 4.46. The van der Waals surface area contributed by atoms with Crippen LogP contribution in [0.25, 0.3) is 11.3 Å². The van der Waals surface area contributed by atoms with Gasteiger partial charge < -0.3 is 9.30 Å². The van der Waals surface area contributed by atoms with Gasteiger partial charge in [-0.2, -0.15) is 4.99 Å². The molecule has 1 aromatic heterocycles. The Morgan fingerprint density at radius 1 is 1.10 bits per heavy atom. The fourth-order valence-corrected chi connectivity index (χ4v) is 4.90. The van der Waals surface area contributed by atoms with E-state index in [1.807, 2.05) is 12.1 Å². The maximum atomic E-state index is 12.8. The molecule has 0 unspecified atom stereocenters. The molecule has 1 aliphatic carbocycles. The molecule has 0 N–H and O–H groups in total. The number of nitrogens with zero attached hydrogens (tertiary/aromatic N) is 2. The fraction of sp³-hybridized carbons (Fsp3) is 0.333. The van der Waals surface area contributed by atoms with Crippen LogP contribution in [0.15, 0.2) is 53.5 Å². The smallest absolute Gasteiger partial charge is 0.279 e. The van der Waals surface area contributed by atoms with Crippen molar-refractivity contribution in [2.75, 3.05) is 6.61 Å². The van der Waals surface area contributed by atoms with Crippen molar-refractivity contribution in [2.24, 2.45) is 4.99 Å². The third-order valence-electron chi connectivity index (χ3n) is 5.25. The van der Waals surface area contributed by atoms with Gasteiger partial charge in [0, 0.05) is 22.5 Å². The van der Waals surface area contributed by atoms with Gasteiger partial charge in [0.15, 0.2) is 4.80 Å². The molecule has 0 spiro atoms. The fourth-order valence-electron chi connectivity index (χ4n) is 3.70. The van der Waals surface area contributed by atoms with Gasteiger partial charge in [-0.3, -0.25) is 4.79 Å². The number of hydrogen-bond donors (Lipinski definition) is 0. The zero-order valence-corrected chi connectivity index (χ0v) is 17.8. The molecule has 150 valence electrons. The summed E-state index contributed by atoms with van der Waals surface area (Å²) in [6.45, 7) is 5.73. The second-order valence-corrected chi connectivity index (χ2v) is 8.26. The van der Waals surface area contributed by atoms with E-state index in [4.69, 9.17) is 4.74 Å². The zero-order chi connectivity index (χ0) is 20.2. The van der Waals surface area contributed by atoms with Gasteiger partial charge in [-0.15, -0.1) is 11.3 Å². The Balaban J connectivity index is 1.64. The predicted octanol–water partition coefficient (Wildman–Crippen LogP) is 5.26. The number of hydrogen-bond acceptors (Lipinski definition) is 3. The second kappa shape index (κ2) is 8.78. The van der Waals surface area contributed by atoms with Crippen molar-refractivity contribution in [1.29, 1.82) is 0 Å². The summed E-state index contributed by atoms with van der Waals surface area (Å²) in [6.07, 6.45) is 4.17. The Bertz CT molecular complexity index is 1080. The number of amides is 1. The number of carbonyl (C=O) groups is 1. The number of unbranched alkanes of at least 4 members (excludes halogenated alkanes) is 1. The van der Waals surface area contributed by atoms with Gasteiger partial charge in [0.1, 0.15) is 5.75 Å². The standard InChI is InChI=1S/C24H26N2O2S/c1-3-5-16-28-19-13-10-18(11-14-19)23(27)25-24-26(4-2)22-20-9-7-6-8-17(20)12-15-21(22)29-24/h6-11,13-14H,3-5,12,15-16H2,1-2H3. The minimum atomic E-state index is -0.209. The predicted molar refractivity (Wildman–Crippen MR) is 118 cm³/mol. The Morgan fingerprint density at radius 3 is 2.66 bits per heavy atom. The van der Waals surface area contributed by atoms with E-state index in [0.717, 1.165) is 42.8 Å². The molecule has 0 radical (unpaired) electrons. The molecular weight excluding hydrogens is 380 g/mol. The first-order chi connectivity index (χ1) is 14.2. The van der Waals surface area contributed by atoms with Crippen LogP contribution in [-0.2, 0) is 19.4 Å². The van der Waals surface area contributed by atoms with Crippen LogP contribution in [0.5, 0.6) is 5.75 Å². The van der Waals surface area contributed by atoms with E-state index in [1.54, 1.807) is 23.5 Å². The lowest BCUT2D eigenvalue weighted by atomic mass is 9.93. The summed E-state index contributed by atoms with van der Waals surface area (Å²) >= 11 is 1.64. The summed E-state index contributed by atoms with van der Waals surface area (Å²) in [5.74, 6) is 0.584. The molecule has 1 aliphatic rings. The highest BCUT2D eigenvalue weighted by atomic mass is 32.1. The van der Waals surface area contributed by atoms with Gasteiger partial charge in [0.2, 0.25) is 0 Å². The van der Waals surface area contributed by atoms with Crippen LogP contribution in [0.2, 0.25) is 0 Å². The molecule has 0 bridgehead atoms. The number of thiazole rings is 1. The summed E-state index contributed by atoms with van der Waals surface area (Å²) in [6, 6.07) is 15.8. The zero-order valence-electron chi connectivity index (χ0n) is 17.0. The number of aryl methyl sites for hydroxylation is 2. The first kappa shape index (κ1) is 19.6. The van der Waals surface area contributed by atoms with Crippen LogP contribution in [-0.4, -0.2) is 17.1 Å². The van der Waals surface area contributed by atoms with E-state index in [-0.39, 0.29) is 5.91 Å². The minimum absolute atomic E-state index is 0.209. The van der Waals surface area contributed by atoms with Gasteiger partial charge in [0.05, 0.1) is 12.3 Å². The molecule has 0 saturated carbocycles. The molecule has 4 rings (SSSR count). The summed E-state index contributed by atoms with van der Waals surface area (Å²) in [7, 11) is 0. The SMILES string of the molecule is CCCCOc1ccc(C(=O)N=c2sc3c(n2CC)-c2ccccc2CC3)cc1. The van der Waals surface area contributed by atoms with Crippen molar-refractivity contribution in [2.45, 2.75) is 46.1 Å². The average Bonchev–Trinajstić information content (AvgIpc) is 3.12. The van der Waals surface area contributed by atoms with E-state index in [1.165, 1.54) is 21.7 Å². The Morgan fingerprint density at radius 2 is 1.90 bits per heavy atom. The largest absolute Gasteiger partial charge is 0.494 e. The normalized spacial score (nSPS) is 13.1. The van der Waals surface area contributed by atoms with Crippen molar-refractivity contribution in [3.8, 4) is 17.0 Å². The first-order valence-corrected chi connectivity index (χ1v) is 11.2. The van der Waals surface area contributed by atoms with Crippen molar-refractivity contribution >= 4 is 17.2 Å². The molecule has 1 heterocycles. The van der Waals surface area contributed by atoms with E-state index in [2.05, 4.69) is 47.7 Å². The van der Waals surface area contributed by atoms with E-state index in [0.29, 0.717) is 12.2 Å². The lowest BCUT2D eigenvalue weighted by Gasteiger charge is -2.17. The van der Waals surface area contributed by atoms with Crippen LogP contribution in [0, 0.1) is 0 Å². The lowest BCUT2D eigenvalue weighted by Crippen LogP contribution is -2.18. The topological polar surface area (TPSA) is 43.6 Å². The molecule has 29 heavy (non-hydrogen) atoms. The van der Waals surface area contributed by atoms with E-state index in [9.17, 15) is 4.79 Å². The summed E-state index contributed by atoms with van der Waals surface area (Å²) in [5, 5.41) is 0. The third kappa shape index (κ3) is 4.06. The highest BCUT2D eigenvalue weighted by Gasteiger charge is 2.22. The van der Waals surface area contributed by atoms with Gasteiger partial charge in [-0.25, -0.2) is 0 Å². The molecule has 0 atom stereocenters. The molecule has 0 aliphatic heterocycles. The highest BCUT2D eigenvalue weighted by Crippen LogP contribution is 2.34. The monoisotopic (exact) mass is 406 g/mol. The number of aromatic nitrogens is 1. The quantitative estimate of drug-likeness (QED) is 0.525. The van der Waals surface area contributed by atoms with Gasteiger partial charge in [-0.1, -0.05) is 37.6 Å². The molecule has 4 nitrogen and oxygen atoms in total. The highest BCUT2D eigenvalue weighted by molar-refractivity contribution is 7.09. The van der Waals surface area contributed by atoms with Crippen molar-refractivity contribution in [3.05, 3.63) is 69.3 Å². The molecule has 5 heteroatoms. The summed E-state index contributed by atoms with van der Waals surface area (Å²) < 4.78 is 7.86. The Hall–Kier alpha value is -2.66. The molecule has 0 fully saturated rings. The number of rotatable bonds is 6. The molecular formula is C24H26N2O2S.